The minimum atomic E-state index is -0.377. The minimum Gasteiger partial charge on any atom is -0.462 e. The van der Waals surface area contributed by atoms with Crippen molar-refractivity contribution in [1.82, 2.24) is 0 Å². The zero-order chi connectivity index (χ0) is 9.68. The maximum atomic E-state index is 11.2. The first-order valence-corrected chi connectivity index (χ1v) is 4.12. The number of ether oxygens (including phenoxy) is 1. The van der Waals surface area contributed by atoms with E-state index in [1.165, 1.54) is 0 Å². The Morgan fingerprint density at radius 3 is 2.85 bits per heavy atom. The number of benzene rings is 1. The average Bonchev–Trinajstić information content (AvgIpc) is 2.18. The summed E-state index contributed by atoms with van der Waals surface area (Å²) in [5, 5.41) is 10.5. The third-order valence-corrected chi connectivity index (χ3v) is 1.60. The Hall–Kier alpha value is -1.35. The average molecular weight is 179 g/mol. The van der Waals surface area contributed by atoms with Crippen molar-refractivity contribution >= 4 is 5.97 Å². The van der Waals surface area contributed by atoms with E-state index >= 15 is 0 Å². The van der Waals surface area contributed by atoms with E-state index in [0.717, 1.165) is 0 Å². The molecule has 0 aliphatic heterocycles. The van der Waals surface area contributed by atoms with Gasteiger partial charge in [-0.3, -0.25) is 0 Å². The van der Waals surface area contributed by atoms with Gasteiger partial charge in [0.2, 0.25) is 0 Å². The third kappa shape index (κ3) is 2.56. The van der Waals surface area contributed by atoms with Crippen molar-refractivity contribution in [3.63, 3.8) is 0 Å². The molecule has 69 valence electrons. The van der Waals surface area contributed by atoms with Gasteiger partial charge in [-0.1, -0.05) is 12.1 Å². The van der Waals surface area contributed by atoms with Crippen LogP contribution in [-0.2, 0) is 16.5 Å². The lowest BCUT2D eigenvalue weighted by Crippen LogP contribution is -2.04. The van der Waals surface area contributed by atoms with Crippen LogP contribution in [-0.4, -0.2) is 12.6 Å². The van der Waals surface area contributed by atoms with Crippen molar-refractivity contribution in [1.29, 1.82) is 0 Å². The lowest BCUT2D eigenvalue weighted by atomic mass is 10.1. The summed E-state index contributed by atoms with van der Waals surface area (Å²) in [4.78, 5) is 11.2. The lowest BCUT2D eigenvalue weighted by Gasteiger charge is -2.02. The summed E-state index contributed by atoms with van der Waals surface area (Å²) >= 11 is 0. The fourth-order valence-corrected chi connectivity index (χ4v) is 1.00. The molecule has 0 aliphatic carbocycles. The van der Waals surface area contributed by atoms with Crippen LogP contribution in [0.4, 0.5) is 0 Å². The zero-order valence-electron chi connectivity index (χ0n) is 7.45. The van der Waals surface area contributed by atoms with Gasteiger partial charge in [0.05, 0.1) is 12.2 Å². The monoisotopic (exact) mass is 179 g/mol. The number of hydrogen-bond acceptors (Lipinski definition) is 2. The van der Waals surface area contributed by atoms with Gasteiger partial charge >= 0.3 is 5.97 Å². The molecule has 0 amide bonds. The first-order chi connectivity index (χ1) is 6.27. The summed E-state index contributed by atoms with van der Waals surface area (Å²) < 4.78 is 4.79. The highest BCUT2D eigenvalue weighted by Crippen LogP contribution is 2.06. The highest BCUT2D eigenvalue weighted by molar-refractivity contribution is 5.89. The first-order valence-electron chi connectivity index (χ1n) is 4.12. The molecule has 3 nitrogen and oxygen atoms in total. The van der Waals surface area contributed by atoms with Crippen LogP contribution in [0.5, 0.6) is 0 Å². The van der Waals surface area contributed by atoms with Crippen molar-refractivity contribution in [2.45, 2.75) is 13.5 Å². The molecule has 3 heteroatoms. The standard InChI is InChI=1S/C10H11O3/c1-2-13-10(12)9-5-3-4-8(6-9)7-11/h3-6H,2,7H2,1H3. The van der Waals surface area contributed by atoms with E-state index in [4.69, 9.17) is 4.74 Å². The highest BCUT2D eigenvalue weighted by Gasteiger charge is 2.05. The van der Waals surface area contributed by atoms with Crippen LogP contribution in [0.15, 0.2) is 24.3 Å². The number of carbonyl (C=O) groups excluding carboxylic acids is 1. The topological polar surface area (TPSA) is 46.2 Å². The Kier molecular flexibility index (Phi) is 3.46. The molecular weight excluding hydrogens is 168 g/mol. The predicted molar refractivity (Wildman–Crippen MR) is 46.8 cm³/mol. The molecule has 1 aromatic carbocycles. The summed E-state index contributed by atoms with van der Waals surface area (Å²) in [5.74, 6) is -0.377. The lowest BCUT2D eigenvalue weighted by molar-refractivity contribution is 0.0526. The maximum Gasteiger partial charge on any atom is 0.338 e. The normalized spacial score (nSPS) is 9.69. The molecular formula is C10H11O3. The molecule has 13 heavy (non-hydrogen) atoms. The highest BCUT2D eigenvalue weighted by atomic mass is 16.5. The van der Waals surface area contributed by atoms with E-state index < -0.39 is 0 Å². The van der Waals surface area contributed by atoms with Gasteiger partial charge in [-0.05, 0) is 24.6 Å². The molecule has 0 heterocycles. The molecule has 0 aliphatic rings. The van der Waals surface area contributed by atoms with Crippen LogP contribution < -0.4 is 0 Å². The predicted octanol–water partition coefficient (Wildman–Crippen LogP) is 1.79. The van der Waals surface area contributed by atoms with Gasteiger partial charge in [-0.2, -0.15) is 0 Å². The van der Waals surface area contributed by atoms with Crippen LogP contribution in [0.1, 0.15) is 22.8 Å². The van der Waals surface area contributed by atoms with Crippen LogP contribution in [0, 0.1) is 0 Å². The molecule has 0 N–H and O–H groups in total. The van der Waals surface area contributed by atoms with E-state index in [0.29, 0.717) is 17.7 Å². The van der Waals surface area contributed by atoms with Crippen molar-refractivity contribution in [2.75, 3.05) is 6.61 Å². The molecule has 0 atom stereocenters. The van der Waals surface area contributed by atoms with Crippen molar-refractivity contribution in [2.24, 2.45) is 0 Å². The van der Waals surface area contributed by atoms with Crippen LogP contribution in [0.2, 0.25) is 0 Å². The van der Waals surface area contributed by atoms with E-state index in [1.54, 1.807) is 31.2 Å². The van der Waals surface area contributed by atoms with Crippen molar-refractivity contribution in [3.8, 4) is 0 Å². The molecule has 1 radical (unpaired) electrons. The van der Waals surface area contributed by atoms with Gasteiger partial charge in [0, 0.05) is 0 Å². The molecule has 0 unspecified atom stereocenters. The molecule has 0 fully saturated rings. The molecule has 0 aromatic heterocycles. The van der Waals surface area contributed by atoms with Crippen molar-refractivity contribution < 1.29 is 14.6 Å². The SMILES string of the molecule is CCOC(=O)c1cccc(C[O])c1. The number of carbonyl (C=O) groups is 1. The molecule has 0 saturated carbocycles. The summed E-state index contributed by atoms with van der Waals surface area (Å²) in [6.07, 6.45) is 0. The summed E-state index contributed by atoms with van der Waals surface area (Å²) in [6.45, 7) is 1.78. The molecule has 0 bridgehead atoms. The Morgan fingerprint density at radius 1 is 1.46 bits per heavy atom. The van der Waals surface area contributed by atoms with E-state index in [9.17, 15) is 9.90 Å². The Bertz CT molecular complexity index is 294. The van der Waals surface area contributed by atoms with E-state index in [1.807, 2.05) is 0 Å². The number of rotatable bonds is 3. The van der Waals surface area contributed by atoms with Gasteiger partial charge < -0.3 is 4.74 Å². The Labute approximate surface area is 77.0 Å². The summed E-state index contributed by atoms with van der Waals surface area (Å²) in [7, 11) is 0. The smallest absolute Gasteiger partial charge is 0.338 e. The zero-order valence-corrected chi connectivity index (χ0v) is 7.45. The second kappa shape index (κ2) is 4.62. The van der Waals surface area contributed by atoms with Gasteiger partial charge in [-0.15, -0.1) is 0 Å². The van der Waals surface area contributed by atoms with Gasteiger partial charge in [0.15, 0.2) is 0 Å². The van der Waals surface area contributed by atoms with E-state index in [-0.39, 0.29) is 12.6 Å². The quantitative estimate of drug-likeness (QED) is 0.664. The number of hydrogen-bond donors (Lipinski definition) is 0. The molecule has 1 rings (SSSR count). The molecule has 1 aromatic rings. The minimum absolute atomic E-state index is 0.312. The Balaban J connectivity index is 2.82. The second-order valence-electron chi connectivity index (χ2n) is 2.57. The molecule has 0 spiro atoms. The van der Waals surface area contributed by atoms with Crippen molar-refractivity contribution in [3.05, 3.63) is 35.4 Å². The van der Waals surface area contributed by atoms with Crippen LogP contribution in [0.25, 0.3) is 0 Å². The second-order valence-corrected chi connectivity index (χ2v) is 2.57. The van der Waals surface area contributed by atoms with Crippen LogP contribution in [0.3, 0.4) is 0 Å². The van der Waals surface area contributed by atoms with Gasteiger partial charge in [-0.25, -0.2) is 9.90 Å². The number of esters is 1. The first kappa shape index (κ1) is 9.74. The fraction of sp³-hybridized carbons (Fsp3) is 0.300. The van der Waals surface area contributed by atoms with Crippen LogP contribution >= 0.6 is 0 Å². The van der Waals surface area contributed by atoms with Gasteiger partial charge in [0.1, 0.15) is 6.61 Å². The van der Waals surface area contributed by atoms with E-state index in [2.05, 4.69) is 0 Å². The maximum absolute atomic E-state index is 11.2. The summed E-state index contributed by atoms with van der Waals surface area (Å²) in [5.41, 5.74) is 1.04. The fourth-order valence-electron chi connectivity index (χ4n) is 1.00. The third-order valence-electron chi connectivity index (χ3n) is 1.60. The molecule has 0 saturated heterocycles. The largest absolute Gasteiger partial charge is 0.462 e. The Morgan fingerprint density at radius 2 is 2.23 bits per heavy atom. The van der Waals surface area contributed by atoms with Gasteiger partial charge in [0.25, 0.3) is 0 Å². The summed E-state index contributed by atoms with van der Waals surface area (Å²) in [6, 6.07) is 6.57.